The maximum absolute atomic E-state index is 13.1. The number of hydrogen-bond donors (Lipinski definition) is 1. The monoisotopic (exact) mass is 330 g/mol. The van der Waals surface area contributed by atoms with Gasteiger partial charge in [0, 0.05) is 6.54 Å². The Kier molecular flexibility index (Phi) is 3.96. The number of aliphatic carboxylic acids is 1. The lowest BCUT2D eigenvalue weighted by molar-refractivity contribution is -0.147. The lowest BCUT2D eigenvalue weighted by atomic mass is 9.98. The second-order valence-electron chi connectivity index (χ2n) is 5.84. The van der Waals surface area contributed by atoms with Gasteiger partial charge in [0.2, 0.25) is 0 Å². The van der Waals surface area contributed by atoms with Gasteiger partial charge in [0.15, 0.2) is 0 Å². The molecule has 1 unspecified atom stereocenters. The number of likely N-dealkylation sites (tertiary alicyclic amines) is 1. The number of hydrogen-bond acceptors (Lipinski definition) is 5. The van der Waals surface area contributed by atoms with E-state index < -0.39 is 11.5 Å². The summed E-state index contributed by atoms with van der Waals surface area (Å²) in [5.74, 6) is -0.871. The molecule has 1 aromatic heterocycles. The molecular weight excluding hydrogens is 312 g/mol. The third kappa shape index (κ3) is 2.49. The summed E-state index contributed by atoms with van der Waals surface area (Å²) in [5.41, 5.74) is -0.431. The molecule has 8 heteroatoms. The highest BCUT2D eigenvalue weighted by atomic mass is 16.5. The van der Waals surface area contributed by atoms with E-state index in [1.165, 1.54) is 29.2 Å². The number of ether oxygens (including phenoxy) is 1. The Morgan fingerprint density at radius 3 is 2.62 bits per heavy atom. The number of carbonyl (C=O) groups excluding carboxylic acids is 1. The molecule has 24 heavy (non-hydrogen) atoms. The van der Waals surface area contributed by atoms with Crippen LogP contribution in [-0.2, 0) is 4.79 Å². The van der Waals surface area contributed by atoms with Crippen LogP contribution in [0.1, 0.15) is 30.1 Å². The minimum absolute atomic E-state index is 0.305. The number of amides is 1. The zero-order valence-corrected chi connectivity index (χ0v) is 13.5. The number of carboxylic acids is 1. The van der Waals surface area contributed by atoms with E-state index in [9.17, 15) is 14.7 Å². The van der Waals surface area contributed by atoms with Crippen molar-refractivity contribution in [2.45, 2.75) is 25.3 Å². The van der Waals surface area contributed by atoms with Gasteiger partial charge >= 0.3 is 5.97 Å². The molecule has 1 N–H and O–H groups in total. The molecule has 1 saturated heterocycles. The van der Waals surface area contributed by atoms with Crippen molar-refractivity contribution in [3.05, 3.63) is 36.2 Å². The maximum atomic E-state index is 13.1. The lowest BCUT2D eigenvalue weighted by Gasteiger charge is -2.31. The van der Waals surface area contributed by atoms with E-state index in [-0.39, 0.29) is 5.91 Å². The van der Waals surface area contributed by atoms with Gasteiger partial charge in [-0.3, -0.25) is 4.79 Å². The van der Waals surface area contributed by atoms with E-state index in [2.05, 4.69) is 10.2 Å². The molecule has 1 amide bonds. The Balaban J connectivity index is 2.07. The smallest absolute Gasteiger partial charge is 0.329 e. The molecule has 0 bridgehead atoms. The van der Waals surface area contributed by atoms with Gasteiger partial charge in [-0.05, 0) is 38.0 Å². The van der Waals surface area contributed by atoms with Crippen LogP contribution in [0, 0.1) is 0 Å². The molecule has 1 aromatic carbocycles. The van der Waals surface area contributed by atoms with Crippen LogP contribution in [-0.4, -0.2) is 56.1 Å². The second-order valence-corrected chi connectivity index (χ2v) is 5.84. The Morgan fingerprint density at radius 1 is 1.29 bits per heavy atom. The molecule has 0 spiro atoms. The van der Waals surface area contributed by atoms with Gasteiger partial charge in [-0.15, -0.1) is 0 Å². The fourth-order valence-corrected chi connectivity index (χ4v) is 2.98. The van der Waals surface area contributed by atoms with Gasteiger partial charge in [0.25, 0.3) is 5.91 Å². The summed E-state index contributed by atoms with van der Waals surface area (Å²) in [6.45, 7) is 1.97. The van der Waals surface area contributed by atoms with Gasteiger partial charge in [-0.1, -0.05) is 0 Å². The number of benzene rings is 1. The molecule has 0 radical (unpaired) electrons. The number of nitrogens with zero attached hydrogens (tertiary/aromatic N) is 4. The van der Waals surface area contributed by atoms with Crippen molar-refractivity contribution >= 4 is 11.9 Å². The van der Waals surface area contributed by atoms with E-state index in [0.717, 1.165) is 0 Å². The largest absolute Gasteiger partial charge is 0.497 e. The Labute approximate surface area is 138 Å². The molecule has 8 nitrogen and oxygen atoms in total. The summed E-state index contributed by atoms with van der Waals surface area (Å²) in [6, 6.07) is 4.97. The van der Waals surface area contributed by atoms with Crippen LogP contribution < -0.4 is 4.74 Å². The van der Waals surface area contributed by atoms with E-state index in [1.54, 1.807) is 25.1 Å². The summed E-state index contributed by atoms with van der Waals surface area (Å²) in [7, 11) is 1.51. The van der Waals surface area contributed by atoms with Crippen molar-refractivity contribution < 1.29 is 19.4 Å². The first-order valence-corrected chi connectivity index (χ1v) is 7.57. The Morgan fingerprint density at radius 2 is 2.00 bits per heavy atom. The average Bonchev–Trinajstić information content (AvgIpc) is 3.24. The number of methoxy groups -OCH3 is 1. The predicted octanol–water partition coefficient (Wildman–Crippen LogP) is 1.36. The molecule has 1 aliphatic rings. The molecular formula is C16H18N4O4. The first-order chi connectivity index (χ1) is 11.5. The number of aromatic nitrogens is 3. The van der Waals surface area contributed by atoms with Gasteiger partial charge in [0.05, 0.1) is 30.8 Å². The third-order valence-electron chi connectivity index (χ3n) is 4.42. The van der Waals surface area contributed by atoms with Gasteiger partial charge in [-0.2, -0.15) is 15.0 Å². The number of carboxylic acid groups (broad SMARTS) is 1. The molecule has 2 aromatic rings. The van der Waals surface area contributed by atoms with Crippen molar-refractivity contribution in [2.75, 3.05) is 13.7 Å². The molecule has 1 atom stereocenters. The molecule has 0 aliphatic carbocycles. The van der Waals surface area contributed by atoms with Crippen molar-refractivity contribution in [3.63, 3.8) is 0 Å². The first kappa shape index (κ1) is 16.0. The normalized spacial score (nSPS) is 20.2. The summed E-state index contributed by atoms with van der Waals surface area (Å²) >= 11 is 0. The van der Waals surface area contributed by atoms with Gasteiger partial charge in [-0.25, -0.2) is 4.79 Å². The lowest BCUT2D eigenvalue weighted by Crippen LogP contribution is -2.51. The van der Waals surface area contributed by atoms with Crippen LogP contribution in [0.25, 0.3) is 5.69 Å². The van der Waals surface area contributed by atoms with E-state index >= 15 is 0 Å². The zero-order valence-electron chi connectivity index (χ0n) is 13.5. The van der Waals surface area contributed by atoms with Crippen LogP contribution >= 0.6 is 0 Å². The highest BCUT2D eigenvalue weighted by Crippen LogP contribution is 2.32. The quantitative estimate of drug-likeness (QED) is 0.909. The van der Waals surface area contributed by atoms with E-state index in [1.807, 2.05) is 0 Å². The minimum atomic E-state index is -1.21. The zero-order chi connectivity index (χ0) is 17.3. The molecule has 3 rings (SSSR count). The minimum Gasteiger partial charge on any atom is -0.497 e. The molecule has 1 aliphatic heterocycles. The average molecular weight is 330 g/mol. The summed E-state index contributed by atoms with van der Waals surface area (Å²) in [5, 5.41) is 17.7. The van der Waals surface area contributed by atoms with Gasteiger partial charge in [0.1, 0.15) is 11.3 Å². The standard InChI is InChI=1S/C16H18N4O4/c1-16(15(22)23)6-3-9-19(16)14(21)12-10-11(24-2)4-5-13(12)20-17-7-8-18-20/h4-5,7-8,10H,3,6,9H2,1-2H3,(H,22,23). The summed E-state index contributed by atoms with van der Waals surface area (Å²) in [4.78, 5) is 27.5. The predicted molar refractivity (Wildman–Crippen MR) is 84.2 cm³/mol. The van der Waals surface area contributed by atoms with Gasteiger partial charge < -0.3 is 14.7 Å². The highest BCUT2D eigenvalue weighted by molar-refractivity contribution is 6.01. The van der Waals surface area contributed by atoms with Crippen LogP contribution in [0.15, 0.2) is 30.6 Å². The third-order valence-corrected chi connectivity index (χ3v) is 4.42. The van der Waals surface area contributed by atoms with Crippen LogP contribution in [0.2, 0.25) is 0 Å². The Bertz CT molecular complexity index is 774. The molecule has 126 valence electrons. The van der Waals surface area contributed by atoms with Crippen molar-refractivity contribution in [1.82, 2.24) is 19.9 Å². The van der Waals surface area contributed by atoms with Crippen molar-refractivity contribution in [3.8, 4) is 11.4 Å². The first-order valence-electron chi connectivity index (χ1n) is 7.57. The van der Waals surface area contributed by atoms with Crippen LogP contribution in [0.5, 0.6) is 5.75 Å². The molecule has 1 fully saturated rings. The SMILES string of the molecule is COc1ccc(-n2nccn2)c(C(=O)N2CCCC2(C)C(=O)O)c1. The highest BCUT2D eigenvalue weighted by Gasteiger charge is 2.46. The maximum Gasteiger partial charge on any atom is 0.329 e. The number of rotatable bonds is 4. The Hall–Kier alpha value is -2.90. The molecule has 2 heterocycles. The number of carbonyl (C=O) groups is 2. The van der Waals surface area contributed by atoms with Crippen LogP contribution in [0.4, 0.5) is 0 Å². The fourth-order valence-electron chi connectivity index (χ4n) is 2.98. The second kappa shape index (κ2) is 5.95. The van der Waals surface area contributed by atoms with Crippen molar-refractivity contribution in [2.24, 2.45) is 0 Å². The van der Waals surface area contributed by atoms with E-state index in [0.29, 0.717) is 36.4 Å². The van der Waals surface area contributed by atoms with E-state index in [4.69, 9.17) is 4.74 Å². The molecule has 0 saturated carbocycles. The summed E-state index contributed by atoms with van der Waals surface area (Å²) in [6.07, 6.45) is 4.09. The van der Waals surface area contributed by atoms with Crippen LogP contribution in [0.3, 0.4) is 0 Å². The fraction of sp³-hybridized carbons (Fsp3) is 0.375. The summed E-state index contributed by atoms with van der Waals surface area (Å²) < 4.78 is 5.20. The van der Waals surface area contributed by atoms with Crippen molar-refractivity contribution in [1.29, 1.82) is 0 Å². The topological polar surface area (TPSA) is 97.5 Å².